The van der Waals surface area contributed by atoms with Crippen LogP contribution in [0.2, 0.25) is 0 Å². The van der Waals surface area contributed by atoms with Crippen LogP contribution >= 0.6 is 0 Å². The average molecular weight is 232 g/mol. The molecular formula is C9H7F3N2O2. The van der Waals surface area contributed by atoms with E-state index < -0.39 is 12.1 Å². The van der Waals surface area contributed by atoms with E-state index in [1.165, 1.54) is 24.3 Å². The van der Waals surface area contributed by atoms with Crippen molar-refractivity contribution in [3.63, 3.8) is 0 Å². The number of alkyl halides is 3. The number of halogens is 3. The van der Waals surface area contributed by atoms with E-state index in [0.29, 0.717) is 12.1 Å². The van der Waals surface area contributed by atoms with E-state index in [1.807, 2.05) is 0 Å². The molecule has 0 radical (unpaired) electrons. The van der Waals surface area contributed by atoms with Gasteiger partial charge in [-0.15, -0.1) is 0 Å². The van der Waals surface area contributed by atoms with Gasteiger partial charge in [-0.2, -0.15) is 13.2 Å². The van der Waals surface area contributed by atoms with Gasteiger partial charge in [0.15, 0.2) is 0 Å². The maximum atomic E-state index is 11.9. The van der Waals surface area contributed by atoms with Crippen LogP contribution in [0.4, 0.5) is 24.5 Å². The number of carbonyl (C=O) groups is 2. The molecule has 4 nitrogen and oxygen atoms in total. The summed E-state index contributed by atoms with van der Waals surface area (Å²) in [5.41, 5.74) is 0.416. The van der Waals surface area contributed by atoms with Gasteiger partial charge < -0.3 is 10.6 Å². The van der Waals surface area contributed by atoms with Crippen molar-refractivity contribution in [3.05, 3.63) is 24.3 Å². The standard InChI is InChI=1S/C9H7F3N2O2/c10-9(11,12)8(16)14-7-3-1-6(2-4-7)13-5-15/h1-5H,(H,13,15)(H,14,16). The van der Waals surface area contributed by atoms with Gasteiger partial charge in [0.05, 0.1) is 0 Å². The Hall–Kier alpha value is -2.05. The molecule has 86 valence electrons. The highest BCUT2D eigenvalue weighted by Crippen LogP contribution is 2.19. The number of amides is 2. The highest BCUT2D eigenvalue weighted by Gasteiger charge is 2.38. The largest absolute Gasteiger partial charge is 0.471 e. The molecule has 1 aromatic carbocycles. The Morgan fingerprint density at radius 3 is 2.06 bits per heavy atom. The summed E-state index contributed by atoms with van der Waals surface area (Å²) in [6.45, 7) is 0. The van der Waals surface area contributed by atoms with Crippen molar-refractivity contribution in [2.75, 3.05) is 10.6 Å². The van der Waals surface area contributed by atoms with Crippen LogP contribution in [-0.4, -0.2) is 18.5 Å². The fraction of sp³-hybridized carbons (Fsp3) is 0.111. The summed E-state index contributed by atoms with van der Waals surface area (Å²) in [5, 5.41) is 3.97. The quantitative estimate of drug-likeness (QED) is 0.780. The maximum absolute atomic E-state index is 11.9. The van der Waals surface area contributed by atoms with E-state index >= 15 is 0 Å². The van der Waals surface area contributed by atoms with Crippen LogP contribution in [0.5, 0.6) is 0 Å². The molecule has 0 bridgehead atoms. The number of hydrogen-bond acceptors (Lipinski definition) is 2. The molecule has 0 aromatic heterocycles. The predicted molar refractivity (Wildman–Crippen MR) is 50.8 cm³/mol. The first-order valence-electron chi connectivity index (χ1n) is 4.12. The molecule has 2 N–H and O–H groups in total. The molecular weight excluding hydrogens is 225 g/mol. The molecule has 2 amide bonds. The van der Waals surface area contributed by atoms with Crippen LogP contribution < -0.4 is 10.6 Å². The topological polar surface area (TPSA) is 58.2 Å². The molecule has 0 spiro atoms. The zero-order valence-corrected chi connectivity index (χ0v) is 7.84. The van der Waals surface area contributed by atoms with E-state index in [0.717, 1.165) is 0 Å². The second kappa shape index (κ2) is 4.65. The smallest absolute Gasteiger partial charge is 0.329 e. The molecule has 7 heteroatoms. The first-order chi connectivity index (χ1) is 7.43. The van der Waals surface area contributed by atoms with E-state index in [9.17, 15) is 22.8 Å². The second-order valence-electron chi connectivity index (χ2n) is 2.79. The summed E-state index contributed by atoms with van der Waals surface area (Å²) in [6.07, 6.45) is -4.48. The van der Waals surface area contributed by atoms with Gasteiger partial charge in [0.2, 0.25) is 6.41 Å². The monoisotopic (exact) mass is 232 g/mol. The lowest BCUT2D eigenvalue weighted by molar-refractivity contribution is -0.167. The zero-order valence-electron chi connectivity index (χ0n) is 7.84. The summed E-state index contributed by atoms with van der Waals surface area (Å²) < 4.78 is 35.6. The van der Waals surface area contributed by atoms with Gasteiger partial charge in [0.1, 0.15) is 0 Å². The summed E-state index contributed by atoms with van der Waals surface area (Å²) in [6, 6.07) is 5.21. The van der Waals surface area contributed by atoms with E-state index in [-0.39, 0.29) is 5.69 Å². The molecule has 0 aliphatic carbocycles. The number of anilines is 2. The van der Waals surface area contributed by atoms with Crippen LogP contribution in [-0.2, 0) is 9.59 Å². The number of hydrogen-bond donors (Lipinski definition) is 2. The average Bonchev–Trinajstić information content (AvgIpc) is 2.20. The summed E-state index contributed by atoms with van der Waals surface area (Å²) in [4.78, 5) is 20.6. The normalized spacial score (nSPS) is 10.7. The van der Waals surface area contributed by atoms with Gasteiger partial charge in [0, 0.05) is 11.4 Å². The lowest BCUT2D eigenvalue weighted by Gasteiger charge is -2.08. The van der Waals surface area contributed by atoms with E-state index in [1.54, 1.807) is 5.32 Å². The SMILES string of the molecule is O=CNc1ccc(NC(=O)C(F)(F)F)cc1. The van der Waals surface area contributed by atoms with Gasteiger partial charge >= 0.3 is 12.1 Å². The Balaban J connectivity index is 2.69. The molecule has 0 heterocycles. The molecule has 0 aliphatic rings. The predicted octanol–water partition coefficient (Wildman–Crippen LogP) is 1.76. The van der Waals surface area contributed by atoms with Gasteiger partial charge in [0.25, 0.3) is 0 Å². The van der Waals surface area contributed by atoms with Crippen molar-refractivity contribution < 1.29 is 22.8 Å². The van der Waals surface area contributed by atoms with Crippen molar-refractivity contribution in [1.29, 1.82) is 0 Å². The van der Waals surface area contributed by atoms with Gasteiger partial charge in [-0.05, 0) is 24.3 Å². The van der Waals surface area contributed by atoms with Gasteiger partial charge in [-0.3, -0.25) is 9.59 Å². The lowest BCUT2D eigenvalue weighted by Crippen LogP contribution is -2.29. The molecule has 1 rings (SSSR count). The third-order valence-corrected chi connectivity index (χ3v) is 1.63. The van der Waals surface area contributed by atoms with E-state index in [2.05, 4.69) is 5.32 Å². The zero-order chi connectivity index (χ0) is 12.2. The Kier molecular flexibility index (Phi) is 3.49. The Labute approximate surface area is 88.4 Å². The Morgan fingerprint density at radius 1 is 1.12 bits per heavy atom. The lowest BCUT2D eigenvalue weighted by atomic mass is 10.3. The number of rotatable bonds is 3. The summed E-state index contributed by atoms with van der Waals surface area (Å²) in [7, 11) is 0. The molecule has 0 atom stereocenters. The molecule has 0 saturated heterocycles. The fourth-order valence-corrected chi connectivity index (χ4v) is 0.920. The van der Waals surface area contributed by atoms with Gasteiger partial charge in [-0.1, -0.05) is 0 Å². The number of nitrogens with one attached hydrogen (secondary N) is 2. The number of benzene rings is 1. The van der Waals surface area contributed by atoms with Crippen LogP contribution in [0.1, 0.15) is 0 Å². The fourth-order valence-electron chi connectivity index (χ4n) is 0.920. The van der Waals surface area contributed by atoms with Crippen LogP contribution in [0.3, 0.4) is 0 Å². The third-order valence-electron chi connectivity index (χ3n) is 1.63. The van der Waals surface area contributed by atoms with Crippen molar-refractivity contribution in [2.45, 2.75) is 6.18 Å². The van der Waals surface area contributed by atoms with Crippen molar-refractivity contribution in [2.24, 2.45) is 0 Å². The molecule has 1 aromatic rings. The highest BCUT2D eigenvalue weighted by atomic mass is 19.4. The Bertz CT molecular complexity index is 387. The molecule has 0 saturated carbocycles. The molecule has 16 heavy (non-hydrogen) atoms. The number of carbonyl (C=O) groups excluding carboxylic acids is 2. The first kappa shape index (κ1) is 12.0. The molecule has 0 fully saturated rings. The first-order valence-corrected chi connectivity index (χ1v) is 4.12. The summed E-state index contributed by atoms with van der Waals surface area (Å²) >= 11 is 0. The van der Waals surface area contributed by atoms with Crippen LogP contribution in [0.15, 0.2) is 24.3 Å². The Morgan fingerprint density at radius 2 is 1.62 bits per heavy atom. The molecule has 0 unspecified atom stereocenters. The highest BCUT2D eigenvalue weighted by molar-refractivity contribution is 5.95. The minimum Gasteiger partial charge on any atom is -0.329 e. The van der Waals surface area contributed by atoms with Gasteiger partial charge in [-0.25, -0.2) is 0 Å². The third kappa shape index (κ3) is 3.26. The molecule has 0 aliphatic heterocycles. The van der Waals surface area contributed by atoms with Crippen molar-refractivity contribution >= 4 is 23.7 Å². The minimum absolute atomic E-state index is 0.00114. The van der Waals surface area contributed by atoms with Crippen molar-refractivity contribution in [1.82, 2.24) is 0 Å². The van der Waals surface area contributed by atoms with E-state index in [4.69, 9.17) is 0 Å². The van der Waals surface area contributed by atoms with Crippen LogP contribution in [0, 0.1) is 0 Å². The minimum atomic E-state index is -4.92. The summed E-state index contributed by atoms with van der Waals surface area (Å²) in [5.74, 6) is -2.04. The van der Waals surface area contributed by atoms with Crippen molar-refractivity contribution in [3.8, 4) is 0 Å². The maximum Gasteiger partial charge on any atom is 0.471 e. The second-order valence-corrected chi connectivity index (χ2v) is 2.79. The van der Waals surface area contributed by atoms with Crippen LogP contribution in [0.25, 0.3) is 0 Å².